The summed E-state index contributed by atoms with van der Waals surface area (Å²) in [5.41, 5.74) is 0. The van der Waals surface area contributed by atoms with Crippen molar-refractivity contribution in [3.05, 3.63) is 22.4 Å². The van der Waals surface area contributed by atoms with E-state index in [9.17, 15) is 0 Å². The van der Waals surface area contributed by atoms with Crippen LogP contribution in [0.2, 0.25) is 0 Å². The highest BCUT2D eigenvalue weighted by Gasteiger charge is 2.28. The van der Waals surface area contributed by atoms with Gasteiger partial charge in [-0.1, -0.05) is 40.9 Å². The maximum atomic E-state index is 7.23. The fraction of sp³-hybridized carbons (Fsp3) is 0.286. The summed E-state index contributed by atoms with van der Waals surface area (Å²) in [6.07, 6.45) is 0. The summed E-state index contributed by atoms with van der Waals surface area (Å²) < 4.78 is 3.18. The fourth-order valence-electron chi connectivity index (χ4n) is 0.620. The zero-order valence-corrected chi connectivity index (χ0v) is 9.47. The number of thiophene rings is 1. The summed E-state index contributed by atoms with van der Waals surface area (Å²) in [6.45, 7) is 0.268. The van der Waals surface area contributed by atoms with Crippen LogP contribution in [0.5, 0.6) is 0 Å². The van der Waals surface area contributed by atoms with Crippen molar-refractivity contribution in [2.75, 3.05) is 0 Å². The number of nitrogens with one attached hydrogen (secondary N) is 1. The molecule has 72 valence electrons. The first kappa shape index (κ1) is 11.1. The van der Waals surface area contributed by atoms with Gasteiger partial charge in [0.2, 0.25) is 5.90 Å². The molecule has 1 N–H and O–H groups in total. The number of ether oxygens (including phenoxy) is 1. The molecule has 0 saturated heterocycles. The summed E-state index contributed by atoms with van der Waals surface area (Å²) in [7, 11) is 0. The minimum atomic E-state index is -1.77. The van der Waals surface area contributed by atoms with Crippen molar-refractivity contribution in [2.24, 2.45) is 0 Å². The van der Waals surface area contributed by atoms with Crippen LogP contribution in [0.15, 0.2) is 17.5 Å². The summed E-state index contributed by atoms with van der Waals surface area (Å²) in [6, 6.07) is 3.78. The molecular weight excluding hydrogens is 253 g/mol. The average Bonchev–Trinajstić information content (AvgIpc) is 2.50. The predicted molar refractivity (Wildman–Crippen MR) is 57.1 cm³/mol. The van der Waals surface area contributed by atoms with Gasteiger partial charge in [0.1, 0.15) is 6.61 Å². The third kappa shape index (κ3) is 3.73. The highest BCUT2D eigenvalue weighted by atomic mass is 35.6. The van der Waals surface area contributed by atoms with Crippen LogP contribution in [0.4, 0.5) is 0 Å². The van der Waals surface area contributed by atoms with E-state index in [1.54, 1.807) is 0 Å². The summed E-state index contributed by atoms with van der Waals surface area (Å²) in [5, 5.41) is 9.14. The largest absolute Gasteiger partial charge is 0.472 e. The molecule has 0 aliphatic heterocycles. The van der Waals surface area contributed by atoms with Crippen molar-refractivity contribution in [1.82, 2.24) is 0 Å². The maximum Gasteiger partial charge on any atom is 0.265 e. The van der Waals surface area contributed by atoms with Crippen LogP contribution in [0.1, 0.15) is 4.88 Å². The average molecular weight is 259 g/mol. The van der Waals surface area contributed by atoms with Crippen LogP contribution >= 0.6 is 46.1 Å². The van der Waals surface area contributed by atoms with E-state index in [1.165, 1.54) is 11.3 Å². The van der Waals surface area contributed by atoms with Crippen LogP contribution in [0.3, 0.4) is 0 Å². The summed E-state index contributed by atoms with van der Waals surface area (Å²) >= 11 is 17.8. The molecule has 0 aliphatic rings. The second-order valence-electron chi connectivity index (χ2n) is 2.19. The van der Waals surface area contributed by atoms with Crippen molar-refractivity contribution in [3.63, 3.8) is 0 Å². The lowest BCUT2D eigenvalue weighted by Crippen LogP contribution is -2.20. The molecule has 13 heavy (non-hydrogen) atoms. The van der Waals surface area contributed by atoms with Gasteiger partial charge in [0.05, 0.1) is 0 Å². The van der Waals surface area contributed by atoms with Gasteiger partial charge in [0.15, 0.2) is 0 Å². The second-order valence-corrected chi connectivity index (χ2v) is 5.51. The number of alkyl halides is 3. The molecule has 1 aromatic rings. The molecule has 6 heteroatoms. The maximum absolute atomic E-state index is 7.23. The van der Waals surface area contributed by atoms with Crippen molar-refractivity contribution in [3.8, 4) is 0 Å². The van der Waals surface area contributed by atoms with Crippen LogP contribution < -0.4 is 0 Å². The Bertz CT molecular complexity index is 280. The molecule has 0 aliphatic carbocycles. The quantitative estimate of drug-likeness (QED) is 0.491. The Morgan fingerprint density at radius 3 is 2.69 bits per heavy atom. The van der Waals surface area contributed by atoms with Crippen LogP contribution in [0.25, 0.3) is 0 Å². The van der Waals surface area contributed by atoms with Crippen molar-refractivity contribution in [1.29, 1.82) is 5.41 Å². The third-order valence-electron chi connectivity index (χ3n) is 1.20. The minimum absolute atomic E-state index is 0.268. The second kappa shape index (κ2) is 4.51. The van der Waals surface area contributed by atoms with E-state index in [0.717, 1.165) is 4.88 Å². The zero-order valence-electron chi connectivity index (χ0n) is 6.39. The van der Waals surface area contributed by atoms with Crippen LogP contribution in [-0.4, -0.2) is 9.69 Å². The fourth-order valence-corrected chi connectivity index (χ4v) is 1.40. The van der Waals surface area contributed by atoms with Gasteiger partial charge in [-0.3, -0.25) is 5.41 Å². The van der Waals surface area contributed by atoms with Gasteiger partial charge in [-0.05, 0) is 11.4 Å². The molecule has 0 amide bonds. The van der Waals surface area contributed by atoms with Gasteiger partial charge in [0, 0.05) is 4.88 Å². The number of hydrogen-bond donors (Lipinski definition) is 1. The Balaban J connectivity index is 2.40. The van der Waals surface area contributed by atoms with Gasteiger partial charge in [0.25, 0.3) is 3.79 Å². The molecule has 1 aromatic heterocycles. The Kier molecular flexibility index (Phi) is 3.86. The molecule has 1 heterocycles. The molecule has 1 rings (SSSR count). The van der Waals surface area contributed by atoms with Gasteiger partial charge in [-0.15, -0.1) is 11.3 Å². The van der Waals surface area contributed by atoms with E-state index in [0.29, 0.717) is 0 Å². The van der Waals surface area contributed by atoms with E-state index in [2.05, 4.69) is 0 Å². The minimum Gasteiger partial charge on any atom is -0.472 e. The zero-order chi connectivity index (χ0) is 9.90. The Morgan fingerprint density at radius 1 is 1.54 bits per heavy atom. The van der Waals surface area contributed by atoms with E-state index in [-0.39, 0.29) is 12.5 Å². The number of halogens is 3. The van der Waals surface area contributed by atoms with E-state index in [4.69, 9.17) is 44.9 Å². The number of rotatable bonds is 2. The SMILES string of the molecule is N=C(OCc1cccs1)C(Cl)(Cl)Cl. The van der Waals surface area contributed by atoms with Crippen molar-refractivity contribution < 1.29 is 4.74 Å². The molecule has 0 unspecified atom stereocenters. The number of hydrogen-bond acceptors (Lipinski definition) is 3. The van der Waals surface area contributed by atoms with Crippen LogP contribution in [0, 0.1) is 5.41 Å². The molecule has 0 spiro atoms. The lowest BCUT2D eigenvalue weighted by atomic mass is 10.5. The Labute approximate surface area is 94.9 Å². The van der Waals surface area contributed by atoms with Gasteiger partial charge >= 0.3 is 0 Å². The van der Waals surface area contributed by atoms with E-state index >= 15 is 0 Å². The Hall–Kier alpha value is 0.0400. The monoisotopic (exact) mass is 257 g/mol. The molecule has 0 aromatic carbocycles. The molecule has 2 nitrogen and oxygen atoms in total. The molecule has 0 fully saturated rings. The first-order chi connectivity index (χ1) is 6.00. The van der Waals surface area contributed by atoms with Gasteiger partial charge in [-0.2, -0.15) is 0 Å². The van der Waals surface area contributed by atoms with Crippen LogP contribution in [-0.2, 0) is 11.3 Å². The van der Waals surface area contributed by atoms with E-state index in [1.807, 2.05) is 17.5 Å². The molecule has 0 saturated carbocycles. The van der Waals surface area contributed by atoms with Gasteiger partial charge in [-0.25, -0.2) is 0 Å². The predicted octanol–water partition coefficient (Wildman–Crippen LogP) is 3.61. The lowest BCUT2D eigenvalue weighted by molar-refractivity contribution is 0.287. The van der Waals surface area contributed by atoms with E-state index < -0.39 is 3.79 Å². The molecule has 0 radical (unpaired) electrons. The van der Waals surface area contributed by atoms with Crippen molar-refractivity contribution in [2.45, 2.75) is 10.4 Å². The lowest BCUT2D eigenvalue weighted by Gasteiger charge is -2.12. The topological polar surface area (TPSA) is 33.1 Å². The highest BCUT2D eigenvalue weighted by Crippen LogP contribution is 2.28. The first-order valence-electron chi connectivity index (χ1n) is 3.31. The van der Waals surface area contributed by atoms with Gasteiger partial charge < -0.3 is 4.74 Å². The standard InChI is InChI=1S/C7H6Cl3NOS/c8-7(9,10)6(11)12-4-5-2-1-3-13-5/h1-3,11H,4H2. The summed E-state index contributed by atoms with van der Waals surface area (Å²) in [4.78, 5) is 0.985. The summed E-state index contributed by atoms with van der Waals surface area (Å²) in [5.74, 6) is -0.356. The first-order valence-corrected chi connectivity index (χ1v) is 5.32. The van der Waals surface area contributed by atoms with Crippen molar-refractivity contribution >= 4 is 52.0 Å². The third-order valence-corrected chi connectivity index (χ3v) is 2.56. The molecular formula is C7H6Cl3NOS. The highest BCUT2D eigenvalue weighted by molar-refractivity contribution is 7.09. The molecule has 0 atom stereocenters. The Morgan fingerprint density at radius 2 is 2.23 bits per heavy atom. The molecule has 0 bridgehead atoms. The normalized spacial score (nSPS) is 11.3. The smallest absolute Gasteiger partial charge is 0.265 e.